The van der Waals surface area contributed by atoms with E-state index in [0.29, 0.717) is 36.9 Å². The molecule has 6 atom stereocenters. The van der Waals surface area contributed by atoms with Crippen molar-refractivity contribution in [2.24, 2.45) is 10.8 Å². The monoisotopic (exact) mass is 914 g/mol. The maximum absolute atomic E-state index is 16.3. The molecule has 1 aromatic heterocycles. The predicted molar refractivity (Wildman–Crippen MR) is 227 cm³/mol. The van der Waals surface area contributed by atoms with Gasteiger partial charge < -0.3 is 34.5 Å². The highest BCUT2D eigenvalue weighted by Gasteiger charge is 2.56. The van der Waals surface area contributed by atoms with Gasteiger partial charge in [0.2, 0.25) is 31.4 Å². The lowest BCUT2D eigenvalue weighted by Gasteiger charge is -2.37. The van der Waals surface area contributed by atoms with Crippen molar-refractivity contribution < 1.29 is 60.9 Å². The molecule has 2 N–H and O–H groups in total. The molecule has 4 heterocycles. The molecule has 3 saturated heterocycles. The summed E-state index contributed by atoms with van der Waals surface area (Å²) in [6.45, 7) is 15.1. The summed E-state index contributed by atoms with van der Waals surface area (Å²) in [6.07, 6.45) is 0.649. The van der Waals surface area contributed by atoms with Gasteiger partial charge in [0.25, 0.3) is 5.91 Å². The molecule has 0 saturated carbocycles. The van der Waals surface area contributed by atoms with Crippen LogP contribution in [0.5, 0.6) is 0 Å². The minimum atomic E-state index is -5.62. The van der Waals surface area contributed by atoms with Crippen LogP contribution < -0.4 is 5.32 Å². The number of rotatable bonds is 12. The van der Waals surface area contributed by atoms with Crippen LogP contribution in [0.25, 0.3) is 14.9 Å². The van der Waals surface area contributed by atoms with E-state index in [9.17, 15) is 33.6 Å². The third-order valence-corrected chi connectivity index (χ3v) is 14.4. The van der Waals surface area contributed by atoms with Gasteiger partial charge in [0, 0.05) is 29.3 Å². The van der Waals surface area contributed by atoms with Crippen LogP contribution in [0.15, 0.2) is 54.6 Å². The molecule has 15 nitrogen and oxygen atoms in total. The molecule has 0 radical (unpaired) electrons. The molecular formula is C44H53F2N4O11PS. The van der Waals surface area contributed by atoms with Gasteiger partial charge in [-0.25, -0.2) is 6.57 Å². The number of hydrogen-bond acceptors (Lipinski definition) is 12. The first-order valence-electron chi connectivity index (χ1n) is 20.7. The molecule has 3 fully saturated rings. The van der Waals surface area contributed by atoms with Crippen LogP contribution in [0.1, 0.15) is 100 Å². The van der Waals surface area contributed by atoms with E-state index in [2.05, 4.69) is 10.2 Å². The van der Waals surface area contributed by atoms with Crippen LogP contribution in [0.3, 0.4) is 0 Å². The number of nitrogens with one attached hydrogen (secondary N) is 1. The third kappa shape index (κ3) is 10.4. The number of aliphatic hydroxyl groups is 1. The predicted octanol–water partition coefficient (Wildman–Crippen LogP) is 7.19. The van der Waals surface area contributed by atoms with Crippen molar-refractivity contribution in [3.63, 3.8) is 0 Å². The van der Waals surface area contributed by atoms with Crippen LogP contribution in [0, 0.1) is 17.4 Å². The van der Waals surface area contributed by atoms with Gasteiger partial charge in [-0.3, -0.25) is 37.6 Å². The molecule has 6 rings (SSSR count). The largest absolute Gasteiger partial charge is 0.438 e. The normalized spacial score (nSPS) is 23.4. The van der Waals surface area contributed by atoms with E-state index >= 15 is 8.78 Å². The molecule has 19 heteroatoms. The summed E-state index contributed by atoms with van der Waals surface area (Å²) in [6, 6.07) is 11.2. The summed E-state index contributed by atoms with van der Waals surface area (Å²) in [4.78, 5) is 74.0. The van der Waals surface area contributed by atoms with E-state index in [1.54, 1.807) is 4.90 Å². The summed E-state index contributed by atoms with van der Waals surface area (Å²) >= 11 is 0.937. The van der Waals surface area contributed by atoms with Gasteiger partial charge in [-0.2, -0.15) is 8.78 Å². The zero-order valence-corrected chi connectivity index (χ0v) is 37.7. The number of likely N-dealkylation sites (tertiary alicyclic amines) is 1. The van der Waals surface area contributed by atoms with Crippen molar-refractivity contribution in [1.82, 2.24) is 15.1 Å². The SMILES string of the molecule is [C-]#[N+][C@@H]1CN(C(=O)[C@@H]2CC[C@@H]3CC[C@H](O)C[C@H](NC(=O)c4cc5cc(C(F)(F)P(=O)(OCOC(=O)C(C)(C)C)OCOC(=O)C(C)(C)C)ccc5s4)C(=O)N32)C[C@H]1c1ccccc1. The molecule has 3 aromatic rings. The second-order valence-electron chi connectivity index (χ2n) is 18.2. The van der Waals surface area contributed by atoms with E-state index in [1.165, 1.54) is 58.6 Å². The number of thiophene rings is 1. The van der Waals surface area contributed by atoms with Gasteiger partial charge in [-0.05, 0) is 96.4 Å². The Hall–Kier alpha value is -4.79. The van der Waals surface area contributed by atoms with Crippen LogP contribution in [0.2, 0.25) is 0 Å². The molecule has 0 bridgehead atoms. The van der Waals surface area contributed by atoms with Gasteiger partial charge in [0.15, 0.2) is 0 Å². The van der Waals surface area contributed by atoms with Crippen molar-refractivity contribution >= 4 is 58.7 Å². The maximum atomic E-state index is 16.3. The summed E-state index contributed by atoms with van der Waals surface area (Å²) in [5.74, 6) is -3.36. The Kier molecular flexibility index (Phi) is 14.2. The summed E-state index contributed by atoms with van der Waals surface area (Å²) in [5, 5.41) is 13.7. The van der Waals surface area contributed by atoms with E-state index in [0.717, 1.165) is 29.0 Å². The molecule has 3 aliphatic rings. The topological polar surface area (TPSA) is 182 Å². The number of halogens is 2. The fraction of sp³-hybridized carbons (Fsp3) is 0.545. The minimum absolute atomic E-state index is 0.0356. The fourth-order valence-electron chi connectivity index (χ4n) is 7.92. The first-order valence-corrected chi connectivity index (χ1v) is 23.1. The van der Waals surface area contributed by atoms with Gasteiger partial charge in [0.1, 0.15) is 12.1 Å². The molecule has 340 valence electrons. The lowest BCUT2D eigenvalue weighted by atomic mass is 9.95. The highest BCUT2D eigenvalue weighted by molar-refractivity contribution is 7.54. The smallest absolute Gasteiger partial charge is 0.410 e. The molecule has 0 spiro atoms. The number of hydrogen-bond donors (Lipinski definition) is 2. The molecular weight excluding hydrogens is 862 g/mol. The highest BCUT2D eigenvalue weighted by atomic mass is 32.1. The number of fused-ring (bicyclic) bond motifs is 2. The highest BCUT2D eigenvalue weighted by Crippen LogP contribution is 2.67. The number of benzene rings is 2. The van der Waals surface area contributed by atoms with Gasteiger partial charge in [0.05, 0.1) is 34.3 Å². The van der Waals surface area contributed by atoms with Crippen LogP contribution in [0.4, 0.5) is 8.78 Å². The summed E-state index contributed by atoms with van der Waals surface area (Å²) in [5.41, 5.74) is -6.38. The second kappa shape index (κ2) is 18.7. The zero-order valence-electron chi connectivity index (χ0n) is 36.0. The van der Waals surface area contributed by atoms with Crippen molar-refractivity contribution in [2.45, 2.75) is 115 Å². The number of alkyl halides is 2. The van der Waals surface area contributed by atoms with Gasteiger partial charge in [-0.1, -0.05) is 36.4 Å². The molecule has 0 aliphatic carbocycles. The number of nitrogens with zero attached hydrogens (tertiary/aromatic N) is 3. The Balaban J connectivity index is 1.19. The van der Waals surface area contributed by atoms with Crippen LogP contribution >= 0.6 is 18.9 Å². The van der Waals surface area contributed by atoms with Gasteiger partial charge >= 0.3 is 25.2 Å². The van der Waals surface area contributed by atoms with E-state index < -0.39 is 91.2 Å². The number of amides is 3. The Labute approximate surface area is 368 Å². The Bertz CT molecular complexity index is 2270. The number of carbonyl (C=O) groups is 5. The fourth-order valence-corrected chi connectivity index (χ4v) is 10.1. The third-order valence-electron chi connectivity index (χ3n) is 11.5. The number of carbonyl (C=O) groups excluding carboxylic acids is 5. The lowest BCUT2D eigenvalue weighted by Crippen LogP contribution is -2.57. The van der Waals surface area contributed by atoms with Crippen LogP contribution in [-0.4, -0.2) is 102 Å². The lowest BCUT2D eigenvalue weighted by molar-refractivity contribution is -0.163. The molecule has 3 aliphatic heterocycles. The molecule has 63 heavy (non-hydrogen) atoms. The van der Waals surface area contributed by atoms with Crippen molar-refractivity contribution in [3.05, 3.63) is 82.0 Å². The van der Waals surface area contributed by atoms with E-state index in [4.69, 9.17) is 25.1 Å². The minimum Gasteiger partial charge on any atom is -0.438 e. The Morgan fingerprint density at radius 3 is 2.13 bits per heavy atom. The Morgan fingerprint density at radius 1 is 0.905 bits per heavy atom. The number of ether oxygens (including phenoxy) is 2. The maximum Gasteiger partial charge on any atom is 0.410 e. The molecule has 3 amide bonds. The zero-order chi connectivity index (χ0) is 46.1. The van der Waals surface area contributed by atoms with E-state index in [-0.39, 0.29) is 41.1 Å². The van der Waals surface area contributed by atoms with E-state index in [1.807, 2.05) is 30.3 Å². The van der Waals surface area contributed by atoms with Gasteiger partial charge in [-0.15, -0.1) is 11.3 Å². The quantitative estimate of drug-likeness (QED) is 0.0813. The van der Waals surface area contributed by atoms with Crippen molar-refractivity contribution in [2.75, 3.05) is 26.7 Å². The molecule has 0 unspecified atom stereocenters. The summed E-state index contributed by atoms with van der Waals surface area (Å²) in [7, 11) is -5.62. The number of aliphatic hydroxyl groups excluding tert-OH is 1. The average Bonchev–Trinajstić information content (AvgIpc) is 3.98. The average molecular weight is 915 g/mol. The first kappa shape index (κ1) is 47.7. The van der Waals surface area contributed by atoms with Crippen LogP contribution in [-0.2, 0) is 47.9 Å². The Morgan fingerprint density at radius 2 is 1.52 bits per heavy atom. The second-order valence-corrected chi connectivity index (χ2v) is 21.4. The first-order chi connectivity index (χ1) is 29.5. The van der Waals surface area contributed by atoms with Crippen molar-refractivity contribution in [3.8, 4) is 0 Å². The summed E-state index contributed by atoms with van der Waals surface area (Å²) < 4.78 is 66.7. The van der Waals surface area contributed by atoms with Crippen molar-refractivity contribution in [1.29, 1.82) is 0 Å². The standard InChI is InChI=1S/C44H53F2N4O11PS/c1-42(2,3)40(55)58-24-60-62(57,61-25-59-41(56)43(4,5)6)44(45,46)28-13-18-35-27(19-28)20-36(63-35)37(52)48-32-21-30(51)16-14-29-15-17-34(50(29)38(32)53)39(54)49-22-31(33(23-49)47-7)26-11-9-8-10-12-26/h8-13,18-20,29-34,51H,14-17,21-25H2,1-6H3,(H,48,52)/t29-,30-,31-,32-,33+,34-/m0/s1. The number of esters is 2. The molecule has 2 aromatic carbocycles.